The number of fused-ring (bicyclic) bond motifs is 1. The molecule has 0 spiro atoms. The molecule has 1 aliphatic carbocycles. The average Bonchev–Trinajstić information content (AvgIpc) is 3.31. The van der Waals surface area contributed by atoms with Gasteiger partial charge in [-0.1, -0.05) is 19.1 Å². The van der Waals surface area contributed by atoms with Crippen molar-refractivity contribution in [2.24, 2.45) is 23.5 Å². The van der Waals surface area contributed by atoms with E-state index in [0.29, 0.717) is 22.3 Å². The number of benzene rings is 1. The highest BCUT2D eigenvalue weighted by Crippen LogP contribution is 2.46. The van der Waals surface area contributed by atoms with Crippen molar-refractivity contribution in [2.45, 2.75) is 38.9 Å². The van der Waals surface area contributed by atoms with Crippen molar-refractivity contribution < 1.29 is 22.8 Å². The predicted molar refractivity (Wildman–Crippen MR) is 107 cm³/mol. The molecule has 2 heterocycles. The molecule has 9 heteroatoms. The van der Waals surface area contributed by atoms with Crippen LogP contribution >= 0.6 is 11.3 Å². The molecule has 2 N–H and O–H groups in total. The van der Waals surface area contributed by atoms with Crippen molar-refractivity contribution in [3.63, 3.8) is 0 Å². The Labute approximate surface area is 176 Å². The monoisotopic (exact) mass is 437 g/mol. The van der Waals surface area contributed by atoms with E-state index in [2.05, 4.69) is 11.9 Å². The third kappa shape index (κ3) is 3.59. The second-order valence-electron chi connectivity index (χ2n) is 8.29. The topological polar surface area (TPSA) is 76.3 Å². The summed E-state index contributed by atoms with van der Waals surface area (Å²) < 4.78 is 39.5. The lowest BCUT2D eigenvalue weighted by atomic mass is 9.93. The molecule has 5 nitrogen and oxygen atoms in total. The Balaban J connectivity index is 1.71. The molecule has 2 aromatic rings. The van der Waals surface area contributed by atoms with E-state index in [1.807, 2.05) is 0 Å². The second-order valence-corrected chi connectivity index (χ2v) is 9.50. The van der Waals surface area contributed by atoms with Crippen molar-refractivity contribution in [1.29, 1.82) is 0 Å². The van der Waals surface area contributed by atoms with Crippen LogP contribution in [-0.2, 0) is 11.0 Å². The third-order valence-electron chi connectivity index (χ3n) is 6.10. The Hall–Kier alpha value is -2.42. The molecule has 1 aromatic carbocycles. The fourth-order valence-corrected chi connectivity index (χ4v) is 5.86. The summed E-state index contributed by atoms with van der Waals surface area (Å²) in [6, 6.07) is 4.16. The summed E-state index contributed by atoms with van der Waals surface area (Å²) in [5.41, 5.74) is 5.22. The number of nitrogens with zero attached hydrogens (tertiary/aromatic N) is 2. The molecule has 0 bridgehead atoms. The Morgan fingerprint density at radius 1 is 1.27 bits per heavy atom. The summed E-state index contributed by atoms with van der Waals surface area (Å²) in [6.07, 6.45) is -2.73. The van der Waals surface area contributed by atoms with Gasteiger partial charge in [0.05, 0.1) is 15.4 Å². The van der Waals surface area contributed by atoms with Crippen LogP contribution < -0.4 is 5.73 Å². The van der Waals surface area contributed by atoms with Crippen LogP contribution in [0.2, 0.25) is 0 Å². The van der Waals surface area contributed by atoms with E-state index in [-0.39, 0.29) is 23.1 Å². The van der Waals surface area contributed by atoms with E-state index in [1.54, 1.807) is 6.92 Å². The smallest absolute Gasteiger partial charge is 0.368 e. The summed E-state index contributed by atoms with van der Waals surface area (Å²) >= 11 is 1.16. The summed E-state index contributed by atoms with van der Waals surface area (Å²) in [5.74, 6) is -0.284. The Kier molecular flexibility index (Phi) is 5.12. The number of alkyl halides is 3. The maximum atomic E-state index is 13.4. The Morgan fingerprint density at radius 2 is 2.00 bits per heavy atom. The summed E-state index contributed by atoms with van der Waals surface area (Å²) in [6.45, 7) is 4.24. The van der Waals surface area contributed by atoms with E-state index in [9.17, 15) is 22.8 Å². The zero-order valence-corrected chi connectivity index (χ0v) is 17.4. The highest BCUT2D eigenvalue weighted by Gasteiger charge is 2.51. The molecule has 2 amide bonds. The zero-order chi connectivity index (χ0) is 21.8. The number of likely N-dealkylation sites (tertiary alicyclic amines) is 1. The van der Waals surface area contributed by atoms with E-state index < -0.39 is 29.6 Å². The minimum absolute atomic E-state index is 0.0261. The molecule has 1 saturated carbocycles. The van der Waals surface area contributed by atoms with Crippen LogP contribution in [-0.4, -0.2) is 34.3 Å². The largest absolute Gasteiger partial charge is 0.416 e. The minimum Gasteiger partial charge on any atom is -0.368 e. The van der Waals surface area contributed by atoms with Gasteiger partial charge in [0.2, 0.25) is 5.91 Å². The maximum Gasteiger partial charge on any atom is 0.416 e. The van der Waals surface area contributed by atoms with Gasteiger partial charge in [-0.05, 0) is 55.2 Å². The van der Waals surface area contributed by atoms with Gasteiger partial charge in [-0.3, -0.25) is 9.59 Å². The van der Waals surface area contributed by atoms with Gasteiger partial charge in [-0.15, -0.1) is 11.3 Å². The summed E-state index contributed by atoms with van der Waals surface area (Å²) in [7, 11) is 0. The van der Waals surface area contributed by atoms with E-state index in [4.69, 9.17) is 5.73 Å². The van der Waals surface area contributed by atoms with Gasteiger partial charge >= 0.3 is 6.18 Å². The molecule has 4 atom stereocenters. The van der Waals surface area contributed by atoms with Crippen molar-refractivity contribution in [3.05, 3.63) is 40.5 Å². The number of rotatable bonds is 3. The molecule has 2 aliphatic rings. The molecule has 1 saturated heterocycles. The molecule has 4 unspecified atom stereocenters. The van der Waals surface area contributed by atoms with Crippen molar-refractivity contribution in [1.82, 2.24) is 9.88 Å². The number of primary amides is 1. The van der Waals surface area contributed by atoms with Crippen LogP contribution in [0.25, 0.3) is 10.4 Å². The van der Waals surface area contributed by atoms with Crippen LogP contribution in [0.4, 0.5) is 13.2 Å². The summed E-state index contributed by atoms with van der Waals surface area (Å²) in [4.78, 5) is 31.8. The molecule has 1 aromatic heterocycles. The van der Waals surface area contributed by atoms with E-state index in [1.165, 1.54) is 17.0 Å². The third-order valence-corrected chi connectivity index (χ3v) is 7.12. The van der Waals surface area contributed by atoms with Gasteiger partial charge in [0.15, 0.2) is 0 Å². The lowest BCUT2D eigenvalue weighted by Crippen LogP contribution is -2.46. The van der Waals surface area contributed by atoms with Gasteiger partial charge in [0.25, 0.3) is 5.91 Å². The van der Waals surface area contributed by atoms with E-state index in [0.717, 1.165) is 36.3 Å². The molecular weight excluding hydrogens is 415 g/mol. The van der Waals surface area contributed by atoms with Crippen LogP contribution in [0.5, 0.6) is 0 Å². The fraction of sp³-hybridized carbons (Fsp3) is 0.476. The first-order chi connectivity index (χ1) is 14.1. The number of thiazole rings is 1. The molecule has 160 valence electrons. The predicted octanol–water partition coefficient (Wildman–Crippen LogP) is 4.11. The maximum absolute atomic E-state index is 13.4. The van der Waals surface area contributed by atoms with Crippen molar-refractivity contribution in [3.8, 4) is 10.4 Å². The second kappa shape index (κ2) is 7.37. The average molecular weight is 437 g/mol. The Morgan fingerprint density at radius 3 is 2.67 bits per heavy atom. The normalized spacial score (nSPS) is 26.1. The highest BCUT2D eigenvalue weighted by molar-refractivity contribution is 7.15. The van der Waals surface area contributed by atoms with Crippen molar-refractivity contribution >= 4 is 23.2 Å². The van der Waals surface area contributed by atoms with Crippen LogP contribution in [0.3, 0.4) is 0 Å². The highest BCUT2D eigenvalue weighted by atomic mass is 32.1. The standard InChI is InChI=1S/C21H22F3N3O2S/c1-10-6-13-9-27(17(19(25)28)15(13)7-10)20(29)16-18(30-11(2)26-16)12-4-3-5-14(8-12)21(22,23)24/h3-5,8,10,13,15,17H,6-7,9H2,1-2H3,(H2,25,28). The number of aryl methyl sites for hydroxylation is 1. The zero-order valence-electron chi connectivity index (χ0n) is 16.6. The van der Waals surface area contributed by atoms with Crippen molar-refractivity contribution in [2.75, 3.05) is 6.54 Å². The fourth-order valence-electron chi connectivity index (χ4n) is 4.95. The van der Waals surface area contributed by atoms with Crippen LogP contribution in [0, 0.1) is 24.7 Å². The number of halogens is 3. The number of aromatic nitrogens is 1. The lowest BCUT2D eigenvalue weighted by Gasteiger charge is -2.25. The SMILES string of the molecule is Cc1nc(C(=O)N2CC3CC(C)CC3C2C(N)=O)c(-c2cccc(C(F)(F)F)c2)s1. The number of carbonyl (C=O) groups is 2. The number of amides is 2. The Bertz CT molecular complexity index is 1000. The van der Waals surface area contributed by atoms with Gasteiger partial charge < -0.3 is 10.6 Å². The van der Waals surface area contributed by atoms with Gasteiger partial charge in [0.1, 0.15) is 11.7 Å². The van der Waals surface area contributed by atoms with Gasteiger partial charge in [0, 0.05) is 6.54 Å². The first-order valence-corrected chi connectivity index (χ1v) is 10.6. The number of nitrogens with two attached hydrogens (primary N) is 1. The number of hydrogen-bond acceptors (Lipinski definition) is 4. The molecule has 1 aliphatic heterocycles. The first-order valence-electron chi connectivity index (χ1n) is 9.81. The number of carbonyl (C=O) groups excluding carboxylic acids is 2. The quantitative estimate of drug-likeness (QED) is 0.785. The lowest BCUT2D eigenvalue weighted by molar-refractivity contribution is -0.137. The minimum atomic E-state index is -4.49. The van der Waals surface area contributed by atoms with E-state index >= 15 is 0 Å². The van der Waals surface area contributed by atoms with Gasteiger partial charge in [-0.2, -0.15) is 13.2 Å². The molecule has 4 rings (SSSR count). The van der Waals surface area contributed by atoms with Crippen LogP contribution in [0.1, 0.15) is 40.8 Å². The van der Waals surface area contributed by atoms with Crippen LogP contribution in [0.15, 0.2) is 24.3 Å². The first kappa shape index (κ1) is 20.8. The number of hydrogen-bond donors (Lipinski definition) is 1. The molecule has 2 fully saturated rings. The molecule has 30 heavy (non-hydrogen) atoms. The molecule has 0 radical (unpaired) electrons. The van der Waals surface area contributed by atoms with Gasteiger partial charge in [-0.25, -0.2) is 4.98 Å². The molecular formula is C21H22F3N3O2S. The summed E-state index contributed by atoms with van der Waals surface area (Å²) in [5, 5.41) is 0.564.